The van der Waals surface area contributed by atoms with Gasteiger partial charge in [0.2, 0.25) is 0 Å². The van der Waals surface area contributed by atoms with Crippen LogP contribution in [0.15, 0.2) is 0 Å². The topological polar surface area (TPSA) is 116 Å². The summed E-state index contributed by atoms with van der Waals surface area (Å²) in [5.74, 6) is 0. The zero-order chi connectivity index (χ0) is 7.70. The summed E-state index contributed by atoms with van der Waals surface area (Å²) in [5, 5.41) is 14.8. The minimum Gasteiger partial charge on any atom is -0.565 e. The van der Waals surface area contributed by atoms with Gasteiger partial charge in [-0.25, -0.2) is 5.26 Å². The SMILES string of the molecule is NCCO.O=[P+]([O-])OO.[HH]. The molecule has 0 bridgehead atoms. The molecule has 0 spiro atoms. The Bertz CT molecular complexity index is 70.7. The van der Waals surface area contributed by atoms with Gasteiger partial charge in [0.25, 0.3) is 0 Å². The van der Waals surface area contributed by atoms with Crippen molar-refractivity contribution in [1.29, 1.82) is 0 Å². The van der Waals surface area contributed by atoms with Gasteiger partial charge >= 0.3 is 8.25 Å². The van der Waals surface area contributed by atoms with Crippen LogP contribution in [0, 0.1) is 0 Å². The van der Waals surface area contributed by atoms with Crippen LogP contribution in [0.25, 0.3) is 0 Å². The molecule has 1 atom stereocenters. The average Bonchev–Trinajstić information content (AvgIpc) is 1.89. The van der Waals surface area contributed by atoms with Crippen molar-refractivity contribution in [3.63, 3.8) is 0 Å². The Balaban J connectivity index is -0.0000000910. The largest absolute Gasteiger partial charge is 0.565 e. The van der Waals surface area contributed by atoms with Crippen molar-refractivity contribution in [2.45, 2.75) is 0 Å². The molecule has 0 rings (SSSR count). The molecule has 6 nitrogen and oxygen atoms in total. The lowest BCUT2D eigenvalue weighted by atomic mass is 10.8. The second-order valence-corrected chi connectivity index (χ2v) is 1.43. The van der Waals surface area contributed by atoms with Crippen molar-refractivity contribution < 1.29 is 25.9 Å². The molecule has 0 aromatic carbocycles. The van der Waals surface area contributed by atoms with Crippen LogP contribution in [0.4, 0.5) is 0 Å². The van der Waals surface area contributed by atoms with Gasteiger partial charge in [0.15, 0.2) is 0 Å². The maximum Gasteiger partial charge on any atom is 0.521 e. The lowest BCUT2D eigenvalue weighted by Crippen LogP contribution is -2.02. The molecule has 4 N–H and O–H groups in total. The molecule has 7 heteroatoms. The predicted octanol–water partition coefficient (Wildman–Crippen LogP) is -1.32. The van der Waals surface area contributed by atoms with Crippen molar-refractivity contribution in [3.8, 4) is 0 Å². The van der Waals surface area contributed by atoms with Gasteiger partial charge in [-0.2, -0.15) is 0 Å². The zero-order valence-corrected chi connectivity index (χ0v) is 5.45. The fourth-order valence-electron chi connectivity index (χ4n) is 0. The van der Waals surface area contributed by atoms with E-state index in [0.29, 0.717) is 6.54 Å². The van der Waals surface area contributed by atoms with Crippen LogP contribution < -0.4 is 10.6 Å². The standard InChI is InChI=1S/C2H7NO.HO4P.H2/c3-1-2-4;1-4-5(2)3;/h4H,1-3H2;1H;1H. The maximum absolute atomic E-state index is 8.93. The van der Waals surface area contributed by atoms with E-state index in [1.165, 1.54) is 0 Å². The van der Waals surface area contributed by atoms with Gasteiger partial charge in [-0.15, -0.1) is 0 Å². The summed E-state index contributed by atoms with van der Waals surface area (Å²) in [5.41, 5.74) is 4.78. The summed E-state index contributed by atoms with van der Waals surface area (Å²) < 4.78 is 11.6. The highest BCUT2D eigenvalue weighted by molar-refractivity contribution is 7.30. The Morgan fingerprint density at radius 1 is 1.89 bits per heavy atom. The molecular weight excluding hydrogens is 149 g/mol. The predicted molar refractivity (Wildman–Crippen MR) is 29.6 cm³/mol. The lowest BCUT2D eigenvalue weighted by molar-refractivity contribution is -0.244. The summed E-state index contributed by atoms with van der Waals surface area (Å²) in [6, 6.07) is 0. The van der Waals surface area contributed by atoms with Crippen molar-refractivity contribution in [3.05, 3.63) is 0 Å². The van der Waals surface area contributed by atoms with Crippen molar-refractivity contribution in [2.75, 3.05) is 13.2 Å². The fourth-order valence-corrected chi connectivity index (χ4v) is 0. The summed E-state index contributed by atoms with van der Waals surface area (Å²) in [7, 11) is -3.04. The van der Waals surface area contributed by atoms with Gasteiger partial charge in [0.05, 0.1) is 6.61 Å². The number of hydrogen-bond acceptors (Lipinski definition) is 6. The number of aliphatic hydroxyl groups excluding tert-OH is 1. The van der Waals surface area contributed by atoms with Crippen molar-refractivity contribution in [1.82, 2.24) is 0 Å². The highest BCUT2D eigenvalue weighted by Crippen LogP contribution is 2.02. The van der Waals surface area contributed by atoms with Gasteiger partial charge in [-0.05, 0) is 4.57 Å². The first-order valence-corrected chi connectivity index (χ1v) is 3.05. The molecule has 9 heavy (non-hydrogen) atoms. The Morgan fingerprint density at radius 3 is 2.11 bits per heavy atom. The van der Waals surface area contributed by atoms with Crippen LogP contribution >= 0.6 is 8.25 Å². The zero-order valence-electron chi connectivity index (χ0n) is 4.56. The lowest BCUT2D eigenvalue weighted by Gasteiger charge is -1.71. The van der Waals surface area contributed by atoms with E-state index in [2.05, 4.69) is 4.67 Å². The third kappa shape index (κ3) is 32.7. The van der Waals surface area contributed by atoms with Crippen LogP contribution in [-0.4, -0.2) is 23.5 Å². The first kappa shape index (κ1) is 11.7. The van der Waals surface area contributed by atoms with Gasteiger partial charge < -0.3 is 15.7 Å². The van der Waals surface area contributed by atoms with E-state index in [-0.39, 0.29) is 8.03 Å². The minimum absolute atomic E-state index is 0. The van der Waals surface area contributed by atoms with E-state index in [9.17, 15) is 0 Å². The number of aliphatic hydroxyl groups is 1. The average molecular weight is 159 g/mol. The number of hydrogen-bond donors (Lipinski definition) is 3. The molecule has 0 saturated carbocycles. The second-order valence-electron chi connectivity index (χ2n) is 0.818. The summed E-state index contributed by atoms with van der Waals surface area (Å²) >= 11 is 0. The molecule has 0 heterocycles. The Labute approximate surface area is 54.2 Å². The highest BCUT2D eigenvalue weighted by Gasteiger charge is 1.90. The molecule has 0 amide bonds. The molecule has 0 aliphatic carbocycles. The quantitative estimate of drug-likeness (QED) is 0.261. The number of nitrogens with two attached hydrogens (primary N) is 1. The normalized spacial score (nSPS) is 9.56. The Hall–Kier alpha value is -0.100. The Kier molecular flexibility index (Phi) is 14.0. The molecule has 58 valence electrons. The molecule has 0 aromatic rings. The molecule has 0 saturated heterocycles. The van der Waals surface area contributed by atoms with E-state index in [1.807, 2.05) is 0 Å². The van der Waals surface area contributed by atoms with Gasteiger partial charge in [-0.3, -0.25) is 0 Å². The third-order valence-corrected chi connectivity index (χ3v) is 0.329. The van der Waals surface area contributed by atoms with Crippen LogP contribution in [-0.2, 0) is 9.24 Å². The highest BCUT2D eigenvalue weighted by atomic mass is 31.1. The summed E-state index contributed by atoms with van der Waals surface area (Å²) in [4.78, 5) is 8.93. The van der Waals surface area contributed by atoms with E-state index in [4.69, 9.17) is 25.6 Å². The molecule has 1 unspecified atom stereocenters. The first-order chi connectivity index (χ1) is 4.18. The van der Waals surface area contributed by atoms with Gasteiger partial charge in [0, 0.05) is 12.6 Å². The monoisotopic (exact) mass is 159 g/mol. The second kappa shape index (κ2) is 10.8. The molecule has 0 aliphatic heterocycles. The van der Waals surface area contributed by atoms with Crippen LogP contribution in [0.5, 0.6) is 0 Å². The van der Waals surface area contributed by atoms with Crippen molar-refractivity contribution in [2.24, 2.45) is 5.73 Å². The molecule has 0 fully saturated rings. The molecule has 0 aromatic heterocycles. The third-order valence-electron chi connectivity index (χ3n) is 0.196. The smallest absolute Gasteiger partial charge is 0.521 e. The minimum atomic E-state index is -3.04. The fraction of sp³-hybridized carbons (Fsp3) is 1.00. The molecular formula is C2H10NO5P. The van der Waals surface area contributed by atoms with Crippen LogP contribution in [0.3, 0.4) is 0 Å². The van der Waals surface area contributed by atoms with E-state index in [0.717, 1.165) is 0 Å². The first-order valence-electron chi connectivity index (χ1n) is 1.95. The van der Waals surface area contributed by atoms with Crippen LogP contribution in [0.2, 0.25) is 0 Å². The number of rotatable bonds is 2. The van der Waals surface area contributed by atoms with Crippen molar-refractivity contribution >= 4 is 8.25 Å². The maximum atomic E-state index is 8.93. The van der Waals surface area contributed by atoms with Gasteiger partial charge in [-0.1, -0.05) is 0 Å². The van der Waals surface area contributed by atoms with E-state index < -0.39 is 8.25 Å². The Morgan fingerprint density at radius 2 is 2.11 bits per heavy atom. The summed E-state index contributed by atoms with van der Waals surface area (Å²) in [6.07, 6.45) is 0. The van der Waals surface area contributed by atoms with Gasteiger partial charge in [0.1, 0.15) is 0 Å². The van der Waals surface area contributed by atoms with E-state index in [1.54, 1.807) is 0 Å². The molecule has 0 radical (unpaired) electrons. The molecule has 0 aliphatic rings. The van der Waals surface area contributed by atoms with Crippen LogP contribution in [0.1, 0.15) is 1.43 Å². The van der Waals surface area contributed by atoms with E-state index >= 15 is 0 Å². The summed E-state index contributed by atoms with van der Waals surface area (Å²) in [6.45, 7) is 0.472.